The molecule has 12 heteroatoms. The van der Waals surface area contributed by atoms with E-state index in [1.807, 2.05) is 0 Å². The third-order valence-corrected chi connectivity index (χ3v) is 10.8. The lowest BCUT2D eigenvalue weighted by atomic mass is 9.99. The Labute approximate surface area is 216 Å². The summed E-state index contributed by atoms with van der Waals surface area (Å²) < 4.78 is 54.1. The van der Waals surface area contributed by atoms with Gasteiger partial charge in [0, 0.05) is 31.9 Å². The standard InChI is InChI=1S/C23H27Cl2N3O5S2/c24-21-10-5-17(14-22(21)25)16-34(30,31)28-13-3-4-18(15-28)23(29)26-19-6-8-20(9-7-19)35(32,33)27-11-1-2-12-27/h5-10,14,18H,1-4,11-13,15-16H2,(H,26,29)/t18-/m1/s1. The second-order valence-corrected chi connectivity index (χ2v) is 13.5. The Morgan fingerprint density at radius 3 is 2.20 bits per heavy atom. The summed E-state index contributed by atoms with van der Waals surface area (Å²) in [5.74, 6) is -1.04. The maximum absolute atomic E-state index is 13.0. The molecule has 0 bridgehead atoms. The van der Waals surface area contributed by atoms with E-state index in [9.17, 15) is 21.6 Å². The molecule has 0 unspecified atom stereocenters. The van der Waals surface area contributed by atoms with Gasteiger partial charge in [-0.25, -0.2) is 21.1 Å². The van der Waals surface area contributed by atoms with Gasteiger partial charge < -0.3 is 5.32 Å². The second-order valence-electron chi connectivity index (χ2n) is 8.83. The predicted molar refractivity (Wildman–Crippen MR) is 136 cm³/mol. The van der Waals surface area contributed by atoms with E-state index in [2.05, 4.69) is 5.32 Å². The molecule has 2 saturated heterocycles. The minimum atomic E-state index is -3.66. The van der Waals surface area contributed by atoms with Crippen molar-refractivity contribution in [2.75, 3.05) is 31.5 Å². The third kappa shape index (κ3) is 6.18. The molecule has 1 atom stereocenters. The van der Waals surface area contributed by atoms with Crippen LogP contribution >= 0.6 is 23.2 Å². The maximum Gasteiger partial charge on any atom is 0.243 e. The van der Waals surface area contributed by atoms with Gasteiger partial charge in [0.05, 0.1) is 26.6 Å². The van der Waals surface area contributed by atoms with Crippen LogP contribution < -0.4 is 5.32 Å². The fourth-order valence-electron chi connectivity index (χ4n) is 4.37. The molecular formula is C23H27Cl2N3O5S2. The summed E-state index contributed by atoms with van der Waals surface area (Å²) in [6.07, 6.45) is 2.83. The number of carbonyl (C=O) groups is 1. The quantitative estimate of drug-likeness (QED) is 0.552. The van der Waals surface area contributed by atoms with Gasteiger partial charge in [-0.3, -0.25) is 4.79 Å². The first kappa shape index (κ1) is 26.4. The monoisotopic (exact) mass is 559 g/mol. The second kappa shape index (κ2) is 10.7. The summed E-state index contributed by atoms with van der Waals surface area (Å²) in [5, 5.41) is 3.43. The van der Waals surface area contributed by atoms with Gasteiger partial charge >= 0.3 is 0 Å². The molecular weight excluding hydrogens is 533 g/mol. The SMILES string of the molecule is O=C(Nc1ccc(S(=O)(=O)N2CCCC2)cc1)[C@@H]1CCCN(S(=O)(=O)Cc2ccc(Cl)c(Cl)c2)C1. The number of nitrogens with one attached hydrogen (secondary N) is 1. The number of carbonyl (C=O) groups excluding carboxylic acids is 1. The summed E-state index contributed by atoms with van der Waals surface area (Å²) in [5.41, 5.74) is 0.987. The number of benzene rings is 2. The zero-order valence-corrected chi connectivity index (χ0v) is 22.1. The molecule has 2 aromatic carbocycles. The van der Waals surface area contributed by atoms with E-state index >= 15 is 0 Å². The highest BCUT2D eigenvalue weighted by atomic mass is 35.5. The molecule has 0 saturated carbocycles. The van der Waals surface area contributed by atoms with E-state index in [1.165, 1.54) is 26.8 Å². The molecule has 35 heavy (non-hydrogen) atoms. The van der Waals surface area contributed by atoms with Crippen molar-refractivity contribution in [2.45, 2.75) is 36.3 Å². The van der Waals surface area contributed by atoms with E-state index in [0.717, 1.165) is 12.8 Å². The number of nitrogens with zero attached hydrogens (tertiary/aromatic N) is 2. The number of sulfonamides is 2. The maximum atomic E-state index is 13.0. The molecule has 1 amide bonds. The topological polar surface area (TPSA) is 104 Å². The summed E-state index contributed by atoms with van der Waals surface area (Å²) >= 11 is 11.9. The van der Waals surface area contributed by atoms with Crippen molar-refractivity contribution in [3.63, 3.8) is 0 Å². The van der Waals surface area contributed by atoms with Crippen molar-refractivity contribution in [2.24, 2.45) is 5.92 Å². The van der Waals surface area contributed by atoms with Gasteiger partial charge in [-0.2, -0.15) is 4.31 Å². The van der Waals surface area contributed by atoms with Crippen molar-refractivity contribution in [3.05, 3.63) is 58.1 Å². The lowest BCUT2D eigenvalue weighted by molar-refractivity contribution is -0.120. The van der Waals surface area contributed by atoms with Crippen molar-refractivity contribution >= 4 is 54.8 Å². The van der Waals surface area contributed by atoms with Gasteiger partial charge in [-0.1, -0.05) is 29.3 Å². The average molecular weight is 561 g/mol. The number of hydrogen-bond acceptors (Lipinski definition) is 5. The Kier molecular flexibility index (Phi) is 8.09. The van der Waals surface area contributed by atoms with Crippen molar-refractivity contribution < 1.29 is 21.6 Å². The highest BCUT2D eigenvalue weighted by Crippen LogP contribution is 2.27. The van der Waals surface area contributed by atoms with Gasteiger partial charge in [-0.15, -0.1) is 0 Å². The summed E-state index contributed by atoms with van der Waals surface area (Å²) in [4.78, 5) is 13.1. The van der Waals surface area contributed by atoms with Crippen LogP contribution in [0, 0.1) is 5.92 Å². The largest absolute Gasteiger partial charge is 0.326 e. The molecule has 2 aliphatic rings. The lowest BCUT2D eigenvalue weighted by Gasteiger charge is -2.31. The molecule has 2 aromatic rings. The van der Waals surface area contributed by atoms with Crippen LogP contribution in [0.25, 0.3) is 0 Å². The van der Waals surface area contributed by atoms with Crippen LogP contribution in [0.5, 0.6) is 0 Å². The highest BCUT2D eigenvalue weighted by molar-refractivity contribution is 7.89. The average Bonchev–Trinajstić information content (AvgIpc) is 3.38. The molecule has 2 fully saturated rings. The van der Waals surface area contributed by atoms with E-state index in [1.54, 1.807) is 24.3 Å². The number of anilines is 1. The summed E-state index contributed by atoms with van der Waals surface area (Å²) in [6, 6.07) is 10.8. The van der Waals surface area contributed by atoms with E-state index in [4.69, 9.17) is 23.2 Å². The zero-order chi connectivity index (χ0) is 25.2. The summed E-state index contributed by atoms with van der Waals surface area (Å²) in [7, 11) is -7.18. The lowest BCUT2D eigenvalue weighted by Crippen LogP contribution is -2.44. The first-order valence-electron chi connectivity index (χ1n) is 11.4. The molecule has 0 aromatic heterocycles. The van der Waals surface area contributed by atoms with Crippen LogP contribution in [0.4, 0.5) is 5.69 Å². The Balaban J connectivity index is 1.38. The van der Waals surface area contributed by atoms with Crippen molar-refractivity contribution in [1.82, 2.24) is 8.61 Å². The number of piperidine rings is 1. The fraction of sp³-hybridized carbons (Fsp3) is 0.435. The molecule has 190 valence electrons. The number of rotatable bonds is 7. The highest BCUT2D eigenvalue weighted by Gasteiger charge is 2.33. The van der Waals surface area contributed by atoms with Gasteiger partial charge in [0.1, 0.15) is 0 Å². The zero-order valence-electron chi connectivity index (χ0n) is 19.0. The first-order valence-corrected chi connectivity index (χ1v) is 15.2. The Morgan fingerprint density at radius 2 is 1.54 bits per heavy atom. The number of amides is 1. The summed E-state index contributed by atoms with van der Waals surface area (Å²) in [6.45, 7) is 1.47. The Bertz CT molecular complexity index is 1290. The predicted octanol–water partition coefficient (Wildman–Crippen LogP) is 3.96. The molecule has 1 N–H and O–H groups in total. The molecule has 2 aliphatic heterocycles. The fourth-order valence-corrected chi connectivity index (χ4v) is 7.81. The third-order valence-electron chi connectivity index (χ3n) is 6.31. The van der Waals surface area contributed by atoms with Crippen LogP contribution in [0.1, 0.15) is 31.2 Å². The first-order chi connectivity index (χ1) is 16.6. The molecule has 2 heterocycles. The van der Waals surface area contributed by atoms with Crippen LogP contribution in [-0.4, -0.2) is 57.5 Å². The normalized spacial score (nSPS) is 20.1. The Morgan fingerprint density at radius 1 is 0.886 bits per heavy atom. The van der Waals surface area contributed by atoms with Gasteiger partial charge in [0.2, 0.25) is 26.0 Å². The minimum Gasteiger partial charge on any atom is -0.326 e. The van der Waals surface area contributed by atoms with Crippen LogP contribution in [0.3, 0.4) is 0 Å². The Hall–Kier alpha value is -1.69. The van der Waals surface area contributed by atoms with Crippen LogP contribution in [0.15, 0.2) is 47.4 Å². The van der Waals surface area contributed by atoms with E-state index in [0.29, 0.717) is 48.7 Å². The van der Waals surface area contributed by atoms with E-state index < -0.39 is 26.0 Å². The van der Waals surface area contributed by atoms with Gasteiger partial charge in [0.25, 0.3) is 0 Å². The molecule has 8 nitrogen and oxygen atoms in total. The molecule has 0 radical (unpaired) electrons. The molecule has 0 aliphatic carbocycles. The van der Waals surface area contributed by atoms with Gasteiger partial charge in [0.15, 0.2) is 0 Å². The van der Waals surface area contributed by atoms with Crippen molar-refractivity contribution in [1.29, 1.82) is 0 Å². The smallest absolute Gasteiger partial charge is 0.243 e. The van der Waals surface area contributed by atoms with Crippen LogP contribution in [-0.2, 0) is 30.6 Å². The van der Waals surface area contributed by atoms with Crippen LogP contribution in [0.2, 0.25) is 10.0 Å². The van der Waals surface area contributed by atoms with Gasteiger partial charge in [-0.05, 0) is 67.6 Å². The molecule has 0 spiro atoms. The van der Waals surface area contributed by atoms with E-state index in [-0.39, 0.29) is 28.1 Å². The molecule has 4 rings (SSSR count). The number of hydrogen-bond donors (Lipinski definition) is 1. The van der Waals surface area contributed by atoms with Crippen molar-refractivity contribution in [3.8, 4) is 0 Å². The number of halogens is 2. The minimum absolute atomic E-state index is 0.0803.